The number of hydrogen-bond acceptors (Lipinski definition) is 4. The van der Waals surface area contributed by atoms with Gasteiger partial charge in [0.15, 0.2) is 0 Å². The summed E-state index contributed by atoms with van der Waals surface area (Å²) in [6.07, 6.45) is 8.15. The van der Waals surface area contributed by atoms with Crippen LogP contribution in [-0.4, -0.2) is 21.6 Å². The fourth-order valence-electron chi connectivity index (χ4n) is 1.95. The fourth-order valence-corrected chi connectivity index (χ4v) is 1.95. The Hall–Kier alpha value is -2.04. The van der Waals surface area contributed by atoms with Gasteiger partial charge in [-0.05, 0) is 18.9 Å². The largest absolute Gasteiger partial charge is 0.481 e. The number of nitrogens with one attached hydrogen (secondary N) is 1. The van der Waals surface area contributed by atoms with Crippen molar-refractivity contribution in [1.82, 2.24) is 14.5 Å². The summed E-state index contributed by atoms with van der Waals surface area (Å²) >= 11 is 0. The Morgan fingerprint density at radius 2 is 2.28 bits per heavy atom. The summed E-state index contributed by atoms with van der Waals surface area (Å²) in [5.74, 6) is 0.628. The lowest BCUT2D eigenvalue weighted by Gasteiger charge is -2.09. The van der Waals surface area contributed by atoms with Gasteiger partial charge < -0.3 is 14.6 Å². The number of aromatic nitrogens is 3. The summed E-state index contributed by atoms with van der Waals surface area (Å²) in [5.41, 5.74) is 2.20. The zero-order valence-corrected chi connectivity index (χ0v) is 10.3. The van der Waals surface area contributed by atoms with E-state index in [1.807, 2.05) is 24.7 Å². The Morgan fingerprint density at radius 1 is 1.39 bits per heavy atom. The first-order valence-electron chi connectivity index (χ1n) is 6.11. The lowest BCUT2D eigenvalue weighted by atomic mass is 10.3. The van der Waals surface area contributed by atoms with E-state index < -0.39 is 0 Å². The molecule has 0 saturated heterocycles. The number of anilines is 1. The van der Waals surface area contributed by atoms with Crippen molar-refractivity contribution in [1.29, 1.82) is 0 Å². The highest BCUT2D eigenvalue weighted by molar-refractivity contribution is 5.42. The van der Waals surface area contributed by atoms with Gasteiger partial charge in [-0.15, -0.1) is 0 Å². The Kier molecular flexibility index (Phi) is 2.88. The molecule has 18 heavy (non-hydrogen) atoms. The van der Waals surface area contributed by atoms with E-state index in [9.17, 15) is 0 Å². The van der Waals surface area contributed by atoms with Crippen molar-refractivity contribution >= 4 is 5.69 Å². The van der Waals surface area contributed by atoms with Crippen molar-refractivity contribution in [3.63, 3.8) is 0 Å². The Balaban J connectivity index is 1.64. The van der Waals surface area contributed by atoms with Gasteiger partial charge >= 0.3 is 0 Å². The van der Waals surface area contributed by atoms with Gasteiger partial charge in [0.05, 0.1) is 37.6 Å². The van der Waals surface area contributed by atoms with E-state index in [1.165, 1.54) is 18.5 Å². The molecule has 3 rings (SSSR count). The first-order chi connectivity index (χ1) is 8.86. The predicted octanol–water partition coefficient (Wildman–Crippen LogP) is 2.23. The molecule has 1 aliphatic rings. The van der Waals surface area contributed by atoms with Crippen LogP contribution in [0.15, 0.2) is 30.9 Å². The molecular weight excluding hydrogens is 228 g/mol. The van der Waals surface area contributed by atoms with Gasteiger partial charge in [0.1, 0.15) is 0 Å². The van der Waals surface area contributed by atoms with Gasteiger partial charge in [-0.1, -0.05) is 0 Å². The van der Waals surface area contributed by atoms with Crippen LogP contribution in [0.1, 0.15) is 24.6 Å². The third kappa shape index (κ3) is 2.30. The monoisotopic (exact) mass is 244 g/mol. The van der Waals surface area contributed by atoms with Gasteiger partial charge in [0, 0.05) is 18.3 Å². The molecule has 94 valence electrons. The van der Waals surface area contributed by atoms with Crippen LogP contribution >= 0.6 is 0 Å². The Bertz CT molecular complexity index is 516. The van der Waals surface area contributed by atoms with Crippen LogP contribution < -0.4 is 10.1 Å². The van der Waals surface area contributed by atoms with Crippen LogP contribution in [0.25, 0.3) is 0 Å². The molecule has 0 bridgehead atoms. The predicted molar refractivity (Wildman–Crippen MR) is 68.6 cm³/mol. The quantitative estimate of drug-likeness (QED) is 0.876. The van der Waals surface area contributed by atoms with Gasteiger partial charge in [0.2, 0.25) is 5.88 Å². The van der Waals surface area contributed by atoms with Crippen LogP contribution in [-0.2, 0) is 6.54 Å². The summed E-state index contributed by atoms with van der Waals surface area (Å²) in [6.45, 7) is 0.768. The molecule has 0 aliphatic heterocycles. The zero-order chi connectivity index (χ0) is 12.4. The average Bonchev–Trinajstić information content (AvgIpc) is 3.16. The minimum atomic E-state index is 0.628. The Labute approximate surface area is 106 Å². The number of rotatable bonds is 5. The molecule has 0 radical (unpaired) electrons. The van der Waals surface area contributed by atoms with Crippen molar-refractivity contribution in [2.24, 2.45) is 0 Å². The van der Waals surface area contributed by atoms with Crippen molar-refractivity contribution in [2.45, 2.75) is 25.4 Å². The van der Waals surface area contributed by atoms with Crippen LogP contribution in [0.2, 0.25) is 0 Å². The van der Waals surface area contributed by atoms with Crippen molar-refractivity contribution in [3.8, 4) is 5.88 Å². The minimum Gasteiger partial charge on any atom is -0.481 e. The van der Waals surface area contributed by atoms with Gasteiger partial charge in [-0.2, -0.15) is 0 Å². The van der Waals surface area contributed by atoms with E-state index in [0.717, 1.165) is 12.2 Å². The smallest absolute Gasteiger partial charge is 0.213 e. The normalized spacial score (nSPS) is 14.5. The second-order valence-electron chi connectivity index (χ2n) is 4.47. The molecule has 0 atom stereocenters. The lowest BCUT2D eigenvalue weighted by molar-refractivity contribution is 0.398. The molecule has 0 spiro atoms. The first kappa shape index (κ1) is 11.1. The van der Waals surface area contributed by atoms with E-state index in [2.05, 4.69) is 19.9 Å². The number of ether oxygens (including phenoxy) is 1. The van der Waals surface area contributed by atoms with Gasteiger partial charge in [-0.3, -0.25) is 0 Å². The van der Waals surface area contributed by atoms with E-state index in [4.69, 9.17) is 4.74 Å². The highest BCUT2D eigenvalue weighted by Gasteiger charge is 2.24. The molecule has 5 nitrogen and oxygen atoms in total. The summed E-state index contributed by atoms with van der Waals surface area (Å²) in [7, 11) is 1.61. The maximum atomic E-state index is 5.03. The van der Waals surface area contributed by atoms with Crippen molar-refractivity contribution in [2.75, 3.05) is 12.4 Å². The molecule has 1 fully saturated rings. The second kappa shape index (κ2) is 4.68. The summed E-state index contributed by atoms with van der Waals surface area (Å²) < 4.78 is 7.28. The van der Waals surface area contributed by atoms with E-state index in [1.54, 1.807) is 13.3 Å². The maximum absolute atomic E-state index is 5.03. The van der Waals surface area contributed by atoms with Gasteiger partial charge in [-0.25, -0.2) is 9.97 Å². The number of pyridine rings is 1. The highest BCUT2D eigenvalue weighted by Crippen LogP contribution is 2.35. The van der Waals surface area contributed by atoms with Crippen molar-refractivity contribution in [3.05, 3.63) is 36.5 Å². The Morgan fingerprint density at radius 3 is 2.94 bits per heavy atom. The topological polar surface area (TPSA) is 52.0 Å². The molecule has 2 aromatic heterocycles. The van der Waals surface area contributed by atoms with Gasteiger partial charge in [0.25, 0.3) is 0 Å². The molecule has 2 aromatic rings. The molecule has 2 heterocycles. The fraction of sp³-hybridized carbons (Fsp3) is 0.385. The standard InChI is InChI=1S/C13H16N4O/c1-18-13-5-2-10(6-16-13)15-8-12-7-14-9-17(12)11-3-4-11/h2,5-7,9,11,15H,3-4,8H2,1H3. The van der Waals surface area contributed by atoms with Crippen LogP contribution in [0, 0.1) is 0 Å². The third-order valence-corrected chi connectivity index (χ3v) is 3.11. The molecule has 0 aromatic carbocycles. The number of methoxy groups -OCH3 is 1. The summed E-state index contributed by atoms with van der Waals surface area (Å²) in [5, 5.41) is 3.34. The molecular formula is C13H16N4O. The van der Waals surface area contributed by atoms with Crippen LogP contribution in [0.3, 0.4) is 0 Å². The third-order valence-electron chi connectivity index (χ3n) is 3.11. The molecule has 1 aliphatic carbocycles. The second-order valence-corrected chi connectivity index (χ2v) is 4.47. The van der Waals surface area contributed by atoms with Crippen molar-refractivity contribution < 1.29 is 4.74 Å². The van der Waals surface area contributed by atoms with E-state index >= 15 is 0 Å². The minimum absolute atomic E-state index is 0.628. The highest BCUT2D eigenvalue weighted by atomic mass is 16.5. The average molecular weight is 244 g/mol. The lowest BCUT2D eigenvalue weighted by Crippen LogP contribution is -2.06. The number of nitrogens with zero attached hydrogens (tertiary/aromatic N) is 3. The maximum Gasteiger partial charge on any atom is 0.213 e. The number of hydrogen-bond donors (Lipinski definition) is 1. The molecule has 0 amide bonds. The molecule has 1 N–H and O–H groups in total. The summed E-state index contributed by atoms with van der Waals surface area (Å²) in [6, 6.07) is 4.47. The van der Waals surface area contributed by atoms with E-state index in [-0.39, 0.29) is 0 Å². The SMILES string of the molecule is COc1ccc(NCc2cncn2C2CC2)cn1. The summed E-state index contributed by atoms with van der Waals surface area (Å²) in [4.78, 5) is 8.37. The van der Waals surface area contributed by atoms with Crippen LogP contribution in [0.4, 0.5) is 5.69 Å². The zero-order valence-electron chi connectivity index (χ0n) is 10.3. The first-order valence-corrected chi connectivity index (χ1v) is 6.11. The molecule has 0 unspecified atom stereocenters. The molecule has 5 heteroatoms. The number of imidazole rings is 1. The molecule has 1 saturated carbocycles. The van der Waals surface area contributed by atoms with E-state index in [0.29, 0.717) is 11.9 Å². The van der Waals surface area contributed by atoms with Crippen LogP contribution in [0.5, 0.6) is 5.88 Å².